The van der Waals surface area contributed by atoms with Gasteiger partial charge in [0.05, 0.1) is 6.10 Å². The molecule has 0 bridgehead atoms. The molecule has 0 heterocycles. The fraction of sp³-hybridized carbons (Fsp3) is 0.625. The van der Waals surface area contributed by atoms with Crippen molar-refractivity contribution in [3.63, 3.8) is 0 Å². The number of hydrogen-bond donors (Lipinski definition) is 0. The highest BCUT2D eigenvalue weighted by Gasteiger charge is 2.01. The standard InChI is InChI=1S/C8H14O2/c1-4-6-8(9)10-7(3)5-2/h4,6-7H,5H2,1-3H3/b6-4+. The topological polar surface area (TPSA) is 26.3 Å². The van der Waals surface area contributed by atoms with Gasteiger partial charge in [0.15, 0.2) is 0 Å². The summed E-state index contributed by atoms with van der Waals surface area (Å²) in [5.41, 5.74) is 0. The van der Waals surface area contributed by atoms with Crippen LogP contribution < -0.4 is 0 Å². The minimum Gasteiger partial charge on any atom is -0.460 e. The van der Waals surface area contributed by atoms with Crippen molar-refractivity contribution in [2.45, 2.75) is 33.3 Å². The van der Waals surface area contributed by atoms with E-state index in [4.69, 9.17) is 4.74 Å². The minimum atomic E-state index is -0.253. The smallest absolute Gasteiger partial charge is 0.330 e. The van der Waals surface area contributed by atoms with E-state index in [1.165, 1.54) is 6.08 Å². The first-order chi connectivity index (χ1) is 4.70. The predicted molar refractivity (Wildman–Crippen MR) is 40.7 cm³/mol. The third-order valence-corrected chi connectivity index (χ3v) is 1.20. The lowest BCUT2D eigenvalue weighted by Gasteiger charge is -2.07. The van der Waals surface area contributed by atoms with E-state index < -0.39 is 0 Å². The molecule has 0 radical (unpaired) electrons. The molecule has 0 aliphatic carbocycles. The second kappa shape index (κ2) is 5.03. The SMILES string of the molecule is C/C=C/C(=O)OC(C)CC. The second-order valence-electron chi connectivity index (χ2n) is 2.16. The summed E-state index contributed by atoms with van der Waals surface area (Å²) in [7, 11) is 0. The zero-order chi connectivity index (χ0) is 7.98. The molecule has 0 saturated heterocycles. The van der Waals surface area contributed by atoms with Gasteiger partial charge in [0.1, 0.15) is 0 Å². The Morgan fingerprint density at radius 3 is 2.70 bits per heavy atom. The van der Waals surface area contributed by atoms with Crippen LogP contribution in [-0.4, -0.2) is 12.1 Å². The molecule has 0 rings (SSSR count). The molecule has 0 N–H and O–H groups in total. The van der Waals surface area contributed by atoms with Gasteiger partial charge < -0.3 is 4.74 Å². The fourth-order valence-electron chi connectivity index (χ4n) is 0.457. The third-order valence-electron chi connectivity index (χ3n) is 1.20. The Labute approximate surface area is 61.9 Å². The summed E-state index contributed by atoms with van der Waals surface area (Å²) in [6, 6.07) is 0. The third kappa shape index (κ3) is 4.13. The van der Waals surface area contributed by atoms with Crippen LogP contribution in [0.3, 0.4) is 0 Å². The molecule has 10 heavy (non-hydrogen) atoms. The molecule has 0 spiro atoms. The quantitative estimate of drug-likeness (QED) is 0.444. The molecule has 2 nitrogen and oxygen atoms in total. The van der Waals surface area contributed by atoms with Crippen LogP contribution in [0, 0.1) is 0 Å². The summed E-state index contributed by atoms with van der Waals surface area (Å²) >= 11 is 0. The van der Waals surface area contributed by atoms with Crippen LogP contribution in [0.25, 0.3) is 0 Å². The van der Waals surface area contributed by atoms with Crippen molar-refractivity contribution in [2.75, 3.05) is 0 Å². The van der Waals surface area contributed by atoms with Gasteiger partial charge in [-0.3, -0.25) is 0 Å². The average molecular weight is 142 g/mol. The molecule has 0 aromatic heterocycles. The Morgan fingerprint density at radius 2 is 2.30 bits per heavy atom. The van der Waals surface area contributed by atoms with Crippen LogP contribution in [0.2, 0.25) is 0 Å². The number of hydrogen-bond acceptors (Lipinski definition) is 2. The molecule has 0 amide bonds. The van der Waals surface area contributed by atoms with Gasteiger partial charge in [0.25, 0.3) is 0 Å². The summed E-state index contributed by atoms with van der Waals surface area (Å²) in [4.78, 5) is 10.7. The van der Waals surface area contributed by atoms with Crippen LogP contribution in [0.1, 0.15) is 27.2 Å². The highest BCUT2D eigenvalue weighted by Crippen LogP contribution is 1.96. The second-order valence-corrected chi connectivity index (χ2v) is 2.16. The largest absolute Gasteiger partial charge is 0.460 e. The van der Waals surface area contributed by atoms with E-state index in [0.717, 1.165) is 6.42 Å². The van der Waals surface area contributed by atoms with Gasteiger partial charge in [0, 0.05) is 6.08 Å². The zero-order valence-electron chi connectivity index (χ0n) is 6.76. The molecule has 58 valence electrons. The van der Waals surface area contributed by atoms with E-state index in [1.54, 1.807) is 13.0 Å². The van der Waals surface area contributed by atoms with Crippen molar-refractivity contribution in [1.82, 2.24) is 0 Å². The van der Waals surface area contributed by atoms with Gasteiger partial charge in [-0.05, 0) is 20.3 Å². The normalized spacial score (nSPS) is 13.5. The highest BCUT2D eigenvalue weighted by molar-refractivity contribution is 5.81. The molecule has 1 atom stereocenters. The monoisotopic (exact) mass is 142 g/mol. The van der Waals surface area contributed by atoms with Gasteiger partial charge in [-0.1, -0.05) is 13.0 Å². The maximum atomic E-state index is 10.7. The number of esters is 1. The van der Waals surface area contributed by atoms with E-state index in [9.17, 15) is 4.79 Å². The molecule has 0 aromatic carbocycles. The highest BCUT2D eigenvalue weighted by atomic mass is 16.5. The van der Waals surface area contributed by atoms with Crippen LogP contribution in [-0.2, 0) is 9.53 Å². The lowest BCUT2D eigenvalue weighted by molar-refractivity contribution is -0.142. The summed E-state index contributed by atoms with van der Waals surface area (Å²) < 4.78 is 4.91. The minimum absolute atomic E-state index is 0.0312. The van der Waals surface area contributed by atoms with Crippen molar-refractivity contribution >= 4 is 5.97 Å². The zero-order valence-corrected chi connectivity index (χ0v) is 6.76. The van der Waals surface area contributed by atoms with Crippen LogP contribution in [0.4, 0.5) is 0 Å². The molecule has 0 aliphatic heterocycles. The summed E-state index contributed by atoms with van der Waals surface area (Å²) in [5.74, 6) is -0.253. The molecular weight excluding hydrogens is 128 g/mol. The van der Waals surface area contributed by atoms with E-state index in [1.807, 2.05) is 13.8 Å². The van der Waals surface area contributed by atoms with Crippen LogP contribution >= 0.6 is 0 Å². The van der Waals surface area contributed by atoms with Crippen molar-refractivity contribution in [3.05, 3.63) is 12.2 Å². The predicted octanol–water partition coefficient (Wildman–Crippen LogP) is 1.90. The van der Waals surface area contributed by atoms with Gasteiger partial charge >= 0.3 is 5.97 Å². The fourth-order valence-corrected chi connectivity index (χ4v) is 0.457. The van der Waals surface area contributed by atoms with E-state index in [-0.39, 0.29) is 12.1 Å². The van der Waals surface area contributed by atoms with Crippen molar-refractivity contribution < 1.29 is 9.53 Å². The van der Waals surface area contributed by atoms with Crippen molar-refractivity contribution in [2.24, 2.45) is 0 Å². The number of ether oxygens (including phenoxy) is 1. The summed E-state index contributed by atoms with van der Waals surface area (Å²) in [6.07, 6.45) is 3.99. The van der Waals surface area contributed by atoms with Gasteiger partial charge in [-0.25, -0.2) is 4.79 Å². The maximum absolute atomic E-state index is 10.7. The van der Waals surface area contributed by atoms with Gasteiger partial charge in [-0.2, -0.15) is 0 Å². The summed E-state index contributed by atoms with van der Waals surface area (Å²) in [5, 5.41) is 0. The van der Waals surface area contributed by atoms with E-state index in [2.05, 4.69) is 0 Å². The van der Waals surface area contributed by atoms with Crippen LogP contribution in [0.15, 0.2) is 12.2 Å². The molecule has 0 fully saturated rings. The number of rotatable bonds is 3. The molecule has 0 aromatic rings. The maximum Gasteiger partial charge on any atom is 0.330 e. The number of allylic oxidation sites excluding steroid dienone is 1. The molecule has 0 saturated carbocycles. The first-order valence-electron chi connectivity index (χ1n) is 3.54. The van der Waals surface area contributed by atoms with E-state index in [0.29, 0.717) is 0 Å². The Hall–Kier alpha value is -0.790. The van der Waals surface area contributed by atoms with E-state index >= 15 is 0 Å². The van der Waals surface area contributed by atoms with Gasteiger partial charge in [-0.15, -0.1) is 0 Å². The number of carbonyl (C=O) groups excluding carboxylic acids is 1. The lowest BCUT2D eigenvalue weighted by Crippen LogP contribution is -2.11. The average Bonchev–Trinajstić information content (AvgIpc) is 1.88. The number of carbonyl (C=O) groups is 1. The summed E-state index contributed by atoms with van der Waals surface area (Å²) in [6.45, 7) is 5.65. The Kier molecular flexibility index (Phi) is 4.63. The molecule has 1 unspecified atom stereocenters. The van der Waals surface area contributed by atoms with Crippen molar-refractivity contribution in [3.8, 4) is 0 Å². The van der Waals surface area contributed by atoms with Crippen LogP contribution in [0.5, 0.6) is 0 Å². The first kappa shape index (κ1) is 9.21. The molecule has 2 heteroatoms. The first-order valence-corrected chi connectivity index (χ1v) is 3.54. The Morgan fingerprint density at radius 1 is 1.70 bits per heavy atom. The van der Waals surface area contributed by atoms with Gasteiger partial charge in [0.2, 0.25) is 0 Å². The van der Waals surface area contributed by atoms with Crippen molar-refractivity contribution in [1.29, 1.82) is 0 Å². The molecule has 0 aliphatic rings. The Balaban J connectivity index is 3.57. The Bertz CT molecular complexity index is 127. The lowest BCUT2D eigenvalue weighted by atomic mass is 10.3. The molecular formula is C8H14O2.